The Morgan fingerprint density at radius 3 is 2.15 bits per heavy atom. The summed E-state index contributed by atoms with van der Waals surface area (Å²) in [4.78, 5) is 15.9. The number of hydrogen-bond acceptors (Lipinski definition) is 4. The van der Waals surface area contributed by atoms with Crippen LogP contribution in [-0.4, -0.2) is 32.8 Å². The first-order chi connectivity index (χ1) is 31.6. The van der Waals surface area contributed by atoms with Crippen molar-refractivity contribution < 1.29 is 21.5 Å². The maximum Gasteiger partial charge on any atom is 0 e. The van der Waals surface area contributed by atoms with Crippen LogP contribution in [-0.2, 0) is 25.5 Å². The maximum atomic E-state index is 9.38. The van der Waals surface area contributed by atoms with Gasteiger partial charge in [-0.1, -0.05) is 98.5 Å². The minimum atomic E-state index is -2.20. The zero-order chi connectivity index (χ0) is 46.4. The summed E-state index contributed by atoms with van der Waals surface area (Å²) >= 11 is -0.474. The molecule has 1 radical (unpaired) electrons. The monoisotopic (exact) mass is 1120 g/mol. The number of rotatable bonds is 8. The summed E-state index contributed by atoms with van der Waals surface area (Å²) in [7, 11) is 0. The predicted molar refractivity (Wildman–Crippen MR) is 280 cm³/mol. The summed E-state index contributed by atoms with van der Waals surface area (Å²) in [6.07, 6.45) is 2.04. The average molecular weight is 1120 g/mol. The SMILES string of the molecule is Cc1ccc2c(n1)sc1c(-c3nc4ccccc4n3-c3c(-c4ccccc4)cccc3C(C)(C)C)[c-]ccc12.[2H]C(C)(c1cc(-c2[c-]cccc2)nc[c]1[Ge]([CH3])([CH3])[CH3])C(C)c1ccccc1.[Ir]. The van der Waals surface area contributed by atoms with Gasteiger partial charge in [-0.25, -0.2) is 4.98 Å². The van der Waals surface area contributed by atoms with E-state index < -0.39 is 19.2 Å². The molecular formula is C59H56GeIrN4S-2. The summed E-state index contributed by atoms with van der Waals surface area (Å²) in [6.45, 7) is 13.1. The van der Waals surface area contributed by atoms with Gasteiger partial charge in [-0.3, -0.25) is 4.98 Å². The van der Waals surface area contributed by atoms with E-state index in [2.05, 4.69) is 190 Å². The molecule has 0 saturated carbocycles. The van der Waals surface area contributed by atoms with Gasteiger partial charge < -0.3 is 4.57 Å². The van der Waals surface area contributed by atoms with E-state index in [1.54, 1.807) is 11.3 Å². The van der Waals surface area contributed by atoms with Crippen LogP contribution in [0, 0.1) is 19.1 Å². The third-order valence-corrected chi connectivity index (χ3v) is 17.8. The maximum absolute atomic E-state index is 9.38. The van der Waals surface area contributed by atoms with Gasteiger partial charge in [0, 0.05) is 31.4 Å². The summed E-state index contributed by atoms with van der Waals surface area (Å²) < 4.78 is 14.2. The second-order valence-electron chi connectivity index (χ2n) is 19.0. The number of aryl methyl sites for hydroxylation is 1. The molecule has 10 aromatic rings. The normalized spacial score (nSPS) is 13.4. The predicted octanol–water partition coefficient (Wildman–Crippen LogP) is 15.5. The topological polar surface area (TPSA) is 43.6 Å². The fourth-order valence-electron chi connectivity index (χ4n) is 8.85. The van der Waals surface area contributed by atoms with Crippen LogP contribution >= 0.6 is 11.3 Å². The summed E-state index contributed by atoms with van der Waals surface area (Å²) in [5.74, 6) is 7.37. The molecule has 0 bridgehead atoms. The van der Waals surface area contributed by atoms with Crippen molar-refractivity contribution in [1.29, 1.82) is 0 Å². The fourth-order valence-corrected chi connectivity index (χ4v) is 13.3. The second-order valence-corrected chi connectivity index (χ2v) is 30.6. The number of hydrogen-bond donors (Lipinski definition) is 0. The quantitative estimate of drug-likeness (QED) is 0.112. The van der Waals surface area contributed by atoms with Gasteiger partial charge in [0.1, 0.15) is 4.83 Å². The Hall–Kier alpha value is -5.50. The zero-order valence-electron chi connectivity index (χ0n) is 40.2. The Labute approximate surface area is 412 Å². The van der Waals surface area contributed by atoms with Crippen molar-refractivity contribution in [2.24, 2.45) is 0 Å². The molecule has 2 atom stereocenters. The molecule has 6 aromatic carbocycles. The van der Waals surface area contributed by atoms with E-state index in [4.69, 9.17) is 15.0 Å². The van der Waals surface area contributed by atoms with E-state index >= 15 is 0 Å². The van der Waals surface area contributed by atoms with Gasteiger partial charge >= 0.3 is 162 Å². The van der Waals surface area contributed by atoms with E-state index in [1.165, 1.54) is 43.1 Å². The van der Waals surface area contributed by atoms with Gasteiger partial charge in [-0.15, -0.1) is 18.2 Å². The molecule has 4 heterocycles. The Bertz CT molecular complexity index is 3330. The number of fused-ring (bicyclic) bond motifs is 4. The van der Waals surface area contributed by atoms with Gasteiger partial charge in [0.15, 0.2) is 0 Å². The molecule has 0 fully saturated rings. The summed E-state index contributed by atoms with van der Waals surface area (Å²) in [6, 6.07) is 61.6. The number of aromatic nitrogens is 4. The second kappa shape index (κ2) is 19.4. The van der Waals surface area contributed by atoms with Crippen molar-refractivity contribution in [2.75, 3.05) is 0 Å². The number of imidazole rings is 1. The van der Waals surface area contributed by atoms with Crippen molar-refractivity contribution in [3.05, 3.63) is 198 Å². The van der Waals surface area contributed by atoms with E-state index in [9.17, 15) is 1.37 Å². The van der Waals surface area contributed by atoms with Crippen molar-refractivity contribution in [3.63, 3.8) is 0 Å². The largest absolute Gasteiger partial charge is 0 e. The van der Waals surface area contributed by atoms with Crippen LogP contribution in [0.4, 0.5) is 0 Å². The fraction of sp³-hybridized carbons (Fsp3) is 0.203. The van der Waals surface area contributed by atoms with Gasteiger partial charge in [-0.05, 0) is 51.8 Å². The molecule has 0 aliphatic rings. The van der Waals surface area contributed by atoms with Crippen molar-refractivity contribution in [1.82, 2.24) is 19.5 Å². The Balaban J connectivity index is 0.000000192. The van der Waals surface area contributed by atoms with Crippen LogP contribution < -0.4 is 4.40 Å². The molecule has 0 aliphatic carbocycles. The number of pyridine rings is 2. The van der Waals surface area contributed by atoms with Crippen LogP contribution in [0.5, 0.6) is 0 Å². The molecule has 0 amide bonds. The van der Waals surface area contributed by atoms with Gasteiger partial charge in [0.05, 0.1) is 22.5 Å². The molecule has 0 saturated heterocycles. The summed E-state index contributed by atoms with van der Waals surface area (Å²) in [5.41, 5.74) is 13.0. The smallest absolute Gasteiger partial charge is 0 e. The van der Waals surface area contributed by atoms with E-state index in [0.717, 1.165) is 54.5 Å². The molecule has 2 unspecified atom stereocenters. The molecule has 0 aliphatic heterocycles. The van der Waals surface area contributed by atoms with Gasteiger partial charge in [-0.2, -0.15) is 11.3 Å². The number of para-hydroxylation sites is 3. The van der Waals surface area contributed by atoms with Crippen molar-refractivity contribution in [3.8, 4) is 39.5 Å². The standard InChI is InChI=1S/C35H28N3S.C24H28GeN.Ir/c1-22-20-21-26-25-15-10-16-27(32(25)39-34(26)36-22)33-37-29-18-8-9-19-30(29)38(33)31-24(23-12-6-5-7-13-23)14-11-17-28(31)35(2,3)4;1-18(20-12-8-6-9-13-20)19(2)22-16-24(21-14-10-7-11-15-21)26-17-23(22)25(3,4)5;/h5-15,17-21H,1-4H3;6-14,16-19H,1-5H3;/q2*-1;/i;19D;. The Morgan fingerprint density at radius 2 is 1.44 bits per heavy atom. The first kappa shape index (κ1) is 45.6. The molecule has 333 valence electrons. The van der Waals surface area contributed by atoms with Crippen molar-refractivity contribution >= 4 is 60.3 Å². The van der Waals surface area contributed by atoms with E-state index in [1.807, 2.05) is 49.5 Å². The molecule has 0 N–H and O–H groups in total. The van der Waals surface area contributed by atoms with Crippen LogP contribution in [0.2, 0.25) is 17.3 Å². The number of nitrogens with zero attached hydrogens (tertiary/aromatic N) is 4. The minimum Gasteiger partial charge on any atom is 0 e. The van der Waals surface area contributed by atoms with E-state index in [0.29, 0.717) is 0 Å². The molecule has 10 rings (SSSR count). The molecule has 4 nitrogen and oxygen atoms in total. The van der Waals surface area contributed by atoms with Crippen molar-refractivity contribution in [2.45, 2.75) is 76.0 Å². The first-order valence-electron chi connectivity index (χ1n) is 23.0. The third kappa shape index (κ3) is 9.39. The Morgan fingerprint density at radius 1 is 0.727 bits per heavy atom. The molecule has 66 heavy (non-hydrogen) atoms. The first-order valence-corrected chi connectivity index (χ1v) is 30.7. The molecule has 0 spiro atoms. The van der Waals surface area contributed by atoms with Crippen LogP contribution in [0.15, 0.2) is 164 Å². The minimum absolute atomic E-state index is 0. The van der Waals surface area contributed by atoms with Crippen LogP contribution in [0.1, 0.15) is 70.2 Å². The summed E-state index contributed by atoms with van der Waals surface area (Å²) in [5, 5.41) is 2.38. The molecule has 7 heteroatoms. The number of thiophene rings is 1. The Kier molecular flexibility index (Phi) is 13.4. The average Bonchev–Trinajstić information content (AvgIpc) is 3.89. The van der Waals surface area contributed by atoms with E-state index in [-0.39, 0.29) is 31.4 Å². The third-order valence-electron chi connectivity index (χ3n) is 12.4. The van der Waals surface area contributed by atoms with Crippen LogP contribution in [0.25, 0.3) is 70.8 Å². The zero-order valence-corrected chi connectivity index (χ0v) is 44.5. The molecule has 4 aromatic heterocycles. The van der Waals surface area contributed by atoms with Gasteiger partial charge in [0.25, 0.3) is 0 Å². The van der Waals surface area contributed by atoms with Crippen LogP contribution in [0.3, 0.4) is 0 Å². The van der Waals surface area contributed by atoms with Gasteiger partial charge in [0.2, 0.25) is 0 Å². The number of benzene rings is 6. The molecular weight excluding hydrogens is 1060 g/mol.